The Kier molecular flexibility index (Phi) is 2.77. The highest BCUT2D eigenvalue weighted by molar-refractivity contribution is 5.13. The molecule has 100 valence electrons. The fraction of sp³-hybridized carbons (Fsp3) is 0.800. The van der Waals surface area contributed by atoms with E-state index in [0.717, 1.165) is 24.7 Å². The largest absolute Gasteiger partial charge is 0.349 e. The molecule has 0 aromatic carbocycles. The molecule has 1 aromatic rings. The Morgan fingerprint density at radius 1 is 1.44 bits per heavy atom. The van der Waals surface area contributed by atoms with Crippen LogP contribution in [-0.2, 0) is 6.42 Å². The summed E-state index contributed by atoms with van der Waals surface area (Å²) in [5, 5.41) is 3.79. The van der Waals surface area contributed by atoms with Crippen LogP contribution in [0.25, 0.3) is 0 Å². The minimum atomic E-state index is 0.487. The van der Waals surface area contributed by atoms with Crippen LogP contribution < -0.4 is 5.32 Å². The first-order valence-electron chi connectivity index (χ1n) is 7.26. The van der Waals surface area contributed by atoms with Crippen LogP contribution in [0.2, 0.25) is 0 Å². The third-order valence-electron chi connectivity index (χ3n) is 6.10. The van der Waals surface area contributed by atoms with Crippen LogP contribution in [-0.4, -0.2) is 22.6 Å². The van der Waals surface area contributed by atoms with Gasteiger partial charge in [0.2, 0.25) is 0 Å². The molecule has 0 radical (unpaired) electrons. The number of H-pyrrole nitrogens is 1. The lowest BCUT2D eigenvalue weighted by atomic mass is 9.69. The molecule has 2 aliphatic rings. The first kappa shape index (κ1) is 12.2. The second kappa shape index (κ2) is 4.09. The Morgan fingerprint density at radius 2 is 2.28 bits per heavy atom. The average molecular weight is 247 g/mol. The first-order valence-corrected chi connectivity index (χ1v) is 7.26. The Labute approximate surface area is 110 Å². The van der Waals surface area contributed by atoms with Gasteiger partial charge in [-0.25, -0.2) is 4.98 Å². The van der Waals surface area contributed by atoms with Crippen molar-refractivity contribution in [2.45, 2.75) is 52.5 Å². The summed E-state index contributed by atoms with van der Waals surface area (Å²) in [6, 6.07) is 0.696. The fourth-order valence-corrected chi connectivity index (χ4v) is 4.31. The predicted octanol–water partition coefficient (Wildman–Crippen LogP) is 2.76. The summed E-state index contributed by atoms with van der Waals surface area (Å²) < 4.78 is 0. The smallest absolute Gasteiger partial charge is 0.107 e. The molecule has 1 aromatic heterocycles. The predicted molar refractivity (Wildman–Crippen MR) is 73.3 cm³/mol. The molecule has 0 saturated heterocycles. The van der Waals surface area contributed by atoms with Crippen molar-refractivity contribution in [3.63, 3.8) is 0 Å². The number of hydrogen-bond donors (Lipinski definition) is 2. The Hall–Kier alpha value is -0.830. The van der Waals surface area contributed by atoms with E-state index in [9.17, 15) is 0 Å². The molecule has 2 aliphatic carbocycles. The highest BCUT2D eigenvalue weighted by atomic mass is 15.0. The van der Waals surface area contributed by atoms with Gasteiger partial charge in [-0.1, -0.05) is 20.8 Å². The van der Waals surface area contributed by atoms with Crippen LogP contribution in [0.1, 0.15) is 45.9 Å². The maximum Gasteiger partial charge on any atom is 0.107 e. The molecular weight excluding hydrogens is 222 g/mol. The van der Waals surface area contributed by atoms with Crippen molar-refractivity contribution in [1.29, 1.82) is 0 Å². The molecule has 2 saturated carbocycles. The topological polar surface area (TPSA) is 40.7 Å². The molecule has 1 heterocycles. The number of aromatic amines is 1. The van der Waals surface area contributed by atoms with Crippen LogP contribution in [0.3, 0.4) is 0 Å². The number of rotatable bonds is 4. The number of nitrogens with zero attached hydrogens (tertiary/aromatic N) is 1. The molecule has 2 N–H and O–H groups in total. The summed E-state index contributed by atoms with van der Waals surface area (Å²) in [5.41, 5.74) is 0.996. The van der Waals surface area contributed by atoms with Crippen molar-refractivity contribution in [2.75, 3.05) is 6.54 Å². The lowest BCUT2D eigenvalue weighted by Gasteiger charge is -2.39. The zero-order chi connectivity index (χ0) is 12.8. The second-order valence-corrected chi connectivity index (χ2v) is 6.90. The molecule has 0 spiro atoms. The van der Waals surface area contributed by atoms with E-state index >= 15 is 0 Å². The maximum atomic E-state index is 4.28. The lowest BCUT2D eigenvalue weighted by Crippen LogP contribution is -2.45. The normalized spacial score (nSPS) is 37.3. The van der Waals surface area contributed by atoms with Crippen LogP contribution in [0.5, 0.6) is 0 Å². The summed E-state index contributed by atoms with van der Waals surface area (Å²) in [5.74, 6) is 2.01. The molecule has 2 fully saturated rings. The molecular formula is C15H25N3. The van der Waals surface area contributed by atoms with Crippen LogP contribution in [0, 0.1) is 16.7 Å². The quantitative estimate of drug-likeness (QED) is 0.859. The minimum absolute atomic E-state index is 0.487. The van der Waals surface area contributed by atoms with Gasteiger partial charge in [0.05, 0.1) is 0 Å². The van der Waals surface area contributed by atoms with Crippen molar-refractivity contribution < 1.29 is 0 Å². The van der Waals surface area contributed by atoms with E-state index in [-0.39, 0.29) is 0 Å². The van der Waals surface area contributed by atoms with Gasteiger partial charge < -0.3 is 10.3 Å². The van der Waals surface area contributed by atoms with Crippen molar-refractivity contribution >= 4 is 0 Å². The Morgan fingerprint density at radius 3 is 2.83 bits per heavy atom. The van der Waals surface area contributed by atoms with Gasteiger partial charge in [-0.3, -0.25) is 0 Å². The highest BCUT2D eigenvalue weighted by Crippen LogP contribution is 2.65. The van der Waals surface area contributed by atoms with E-state index in [1.54, 1.807) is 0 Å². The van der Waals surface area contributed by atoms with Crippen molar-refractivity contribution in [1.82, 2.24) is 15.3 Å². The van der Waals surface area contributed by atoms with Crippen LogP contribution in [0.15, 0.2) is 12.4 Å². The van der Waals surface area contributed by atoms with Gasteiger partial charge in [-0.05, 0) is 36.0 Å². The summed E-state index contributed by atoms with van der Waals surface area (Å²) >= 11 is 0. The van der Waals surface area contributed by atoms with Gasteiger partial charge in [0.15, 0.2) is 0 Å². The molecule has 3 rings (SSSR count). The van der Waals surface area contributed by atoms with Gasteiger partial charge in [-0.2, -0.15) is 0 Å². The Bertz CT molecular complexity index is 409. The van der Waals surface area contributed by atoms with Gasteiger partial charge >= 0.3 is 0 Å². The Balaban J connectivity index is 1.59. The number of fused-ring (bicyclic) bond motifs is 2. The molecule has 3 nitrogen and oxygen atoms in total. The SMILES string of the molecule is CC1(C)C2CCC1(C)C(NCCc1ncc[nH]1)C2. The maximum absolute atomic E-state index is 4.28. The van der Waals surface area contributed by atoms with Crippen LogP contribution >= 0.6 is 0 Å². The monoisotopic (exact) mass is 247 g/mol. The van der Waals surface area contributed by atoms with Crippen molar-refractivity contribution in [2.24, 2.45) is 16.7 Å². The van der Waals surface area contributed by atoms with E-state index in [1.807, 2.05) is 12.4 Å². The molecule has 3 heteroatoms. The lowest BCUT2D eigenvalue weighted by molar-refractivity contribution is 0.121. The number of aromatic nitrogens is 2. The zero-order valence-electron chi connectivity index (χ0n) is 11.8. The zero-order valence-corrected chi connectivity index (χ0v) is 11.8. The summed E-state index contributed by atoms with van der Waals surface area (Å²) in [4.78, 5) is 7.45. The van der Waals surface area contributed by atoms with E-state index in [4.69, 9.17) is 0 Å². The number of nitrogens with one attached hydrogen (secondary N) is 2. The van der Waals surface area contributed by atoms with E-state index in [0.29, 0.717) is 16.9 Å². The molecule has 0 amide bonds. The summed E-state index contributed by atoms with van der Waals surface area (Å²) in [6.45, 7) is 8.47. The van der Waals surface area contributed by atoms with Crippen molar-refractivity contribution in [3.8, 4) is 0 Å². The van der Waals surface area contributed by atoms with Crippen LogP contribution in [0.4, 0.5) is 0 Å². The summed E-state index contributed by atoms with van der Waals surface area (Å²) in [7, 11) is 0. The van der Waals surface area contributed by atoms with E-state index in [2.05, 4.69) is 36.1 Å². The molecule has 0 aliphatic heterocycles. The van der Waals surface area contributed by atoms with E-state index < -0.39 is 0 Å². The third kappa shape index (κ3) is 1.63. The number of hydrogen-bond acceptors (Lipinski definition) is 2. The highest BCUT2D eigenvalue weighted by Gasteiger charge is 2.60. The van der Waals surface area contributed by atoms with Gasteiger partial charge in [0, 0.05) is 31.4 Å². The molecule has 18 heavy (non-hydrogen) atoms. The first-order chi connectivity index (χ1) is 8.54. The standard InChI is InChI=1S/C15H25N3/c1-14(2)11-4-6-15(14,3)12(10-11)16-7-5-13-17-8-9-18-13/h8-9,11-12,16H,4-7,10H2,1-3H3,(H,17,18). The second-order valence-electron chi connectivity index (χ2n) is 6.90. The fourth-order valence-electron chi connectivity index (χ4n) is 4.31. The third-order valence-corrected chi connectivity index (χ3v) is 6.10. The summed E-state index contributed by atoms with van der Waals surface area (Å²) in [6.07, 6.45) is 8.92. The van der Waals surface area contributed by atoms with E-state index in [1.165, 1.54) is 19.3 Å². The number of imidazole rings is 1. The molecule has 3 unspecified atom stereocenters. The minimum Gasteiger partial charge on any atom is -0.349 e. The molecule has 3 atom stereocenters. The van der Waals surface area contributed by atoms with Crippen molar-refractivity contribution in [3.05, 3.63) is 18.2 Å². The average Bonchev–Trinajstić information content (AvgIpc) is 2.95. The van der Waals surface area contributed by atoms with Gasteiger partial charge in [0.25, 0.3) is 0 Å². The molecule has 2 bridgehead atoms. The van der Waals surface area contributed by atoms with Gasteiger partial charge in [0.1, 0.15) is 5.82 Å². The van der Waals surface area contributed by atoms with Gasteiger partial charge in [-0.15, -0.1) is 0 Å².